The fraction of sp³-hybridized carbons (Fsp3) is 0.625. The molecular formula is C16H25NO. The van der Waals surface area contributed by atoms with E-state index in [4.69, 9.17) is 4.74 Å². The van der Waals surface area contributed by atoms with Crippen molar-refractivity contribution in [3.63, 3.8) is 0 Å². The first-order valence-corrected chi connectivity index (χ1v) is 7.05. The molecule has 1 aliphatic rings. The van der Waals surface area contributed by atoms with Crippen LogP contribution >= 0.6 is 0 Å². The number of ether oxygens (including phenoxy) is 1. The fourth-order valence-corrected chi connectivity index (χ4v) is 2.79. The van der Waals surface area contributed by atoms with Crippen LogP contribution in [-0.2, 0) is 0 Å². The van der Waals surface area contributed by atoms with Gasteiger partial charge in [0.15, 0.2) is 0 Å². The first-order valence-electron chi connectivity index (χ1n) is 7.05. The molecule has 2 unspecified atom stereocenters. The molecule has 2 heteroatoms. The Labute approximate surface area is 111 Å². The predicted molar refractivity (Wildman–Crippen MR) is 76.0 cm³/mol. The number of methoxy groups -OCH3 is 1. The average Bonchev–Trinajstić information content (AvgIpc) is 3.19. The van der Waals surface area contributed by atoms with Crippen molar-refractivity contribution in [2.24, 2.45) is 11.8 Å². The van der Waals surface area contributed by atoms with Crippen LogP contribution in [-0.4, -0.2) is 13.7 Å². The van der Waals surface area contributed by atoms with E-state index in [1.165, 1.54) is 24.0 Å². The van der Waals surface area contributed by atoms with Crippen LogP contribution in [0.15, 0.2) is 18.2 Å². The van der Waals surface area contributed by atoms with Crippen molar-refractivity contribution in [3.8, 4) is 5.75 Å². The first kappa shape index (κ1) is 13.4. The maximum absolute atomic E-state index is 5.54. The number of hydrogen-bond acceptors (Lipinski definition) is 2. The predicted octanol–water partition coefficient (Wildman–Crippen LogP) is 3.70. The van der Waals surface area contributed by atoms with Crippen LogP contribution in [0, 0.1) is 18.8 Å². The Hall–Kier alpha value is -1.02. The van der Waals surface area contributed by atoms with Crippen molar-refractivity contribution in [2.45, 2.75) is 39.7 Å². The highest BCUT2D eigenvalue weighted by Crippen LogP contribution is 2.44. The summed E-state index contributed by atoms with van der Waals surface area (Å²) in [5, 5.41) is 3.64. The van der Waals surface area contributed by atoms with Gasteiger partial charge in [-0.3, -0.25) is 0 Å². The van der Waals surface area contributed by atoms with E-state index in [9.17, 15) is 0 Å². The lowest BCUT2D eigenvalue weighted by Crippen LogP contribution is -2.28. The molecule has 2 atom stereocenters. The van der Waals surface area contributed by atoms with Gasteiger partial charge in [-0.25, -0.2) is 0 Å². The Morgan fingerprint density at radius 2 is 2.11 bits per heavy atom. The van der Waals surface area contributed by atoms with E-state index >= 15 is 0 Å². The van der Waals surface area contributed by atoms with Gasteiger partial charge in [0, 0.05) is 11.6 Å². The highest BCUT2D eigenvalue weighted by molar-refractivity contribution is 5.39. The summed E-state index contributed by atoms with van der Waals surface area (Å²) in [6.45, 7) is 7.69. The molecule has 100 valence electrons. The zero-order valence-corrected chi connectivity index (χ0v) is 12.0. The second-order valence-electron chi connectivity index (χ2n) is 5.48. The lowest BCUT2D eigenvalue weighted by Gasteiger charge is -2.27. The van der Waals surface area contributed by atoms with Crippen molar-refractivity contribution in [3.05, 3.63) is 29.3 Å². The van der Waals surface area contributed by atoms with Gasteiger partial charge < -0.3 is 10.1 Å². The molecule has 1 N–H and O–H groups in total. The quantitative estimate of drug-likeness (QED) is 0.827. The Bertz CT molecular complexity index is 398. The van der Waals surface area contributed by atoms with Crippen LogP contribution in [0.25, 0.3) is 0 Å². The Kier molecular flexibility index (Phi) is 4.28. The number of hydrogen-bond donors (Lipinski definition) is 1. The van der Waals surface area contributed by atoms with Crippen LogP contribution in [0.5, 0.6) is 5.75 Å². The van der Waals surface area contributed by atoms with E-state index in [1.54, 1.807) is 7.11 Å². The summed E-state index contributed by atoms with van der Waals surface area (Å²) in [4.78, 5) is 0. The Morgan fingerprint density at radius 1 is 1.39 bits per heavy atom. The number of rotatable bonds is 6. The van der Waals surface area contributed by atoms with Gasteiger partial charge in [-0.15, -0.1) is 0 Å². The van der Waals surface area contributed by atoms with Gasteiger partial charge in [0.25, 0.3) is 0 Å². The van der Waals surface area contributed by atoms with E-state index in [-0.39, 0.29) is 0 Å². The molecule has 0 spiro atoms. The fourth-order valence-electron chi connectivity index (χ4n) is 2.79. The summed E-state index contributed by atoms with van der Waals surface area (Å²) >= 11 is 0. The molecule has 0 amide bonds. The number of nitrogens with one attached hydrogen (secondary N) is 1. The van der Waals surface area contributed by atoms with Crippen molar-refractivity contribution in [1.29, 1.82) is 0 Å². The van der Waals surface area contributed by atoms with E-state index in [0.29, 0.717) is 12.0 Å². The summed E-state index contributed by atoms with van der Waals surface area (Å²) in [7, 11) is 1.76. The highest BCUT2D eigenvalue weighted by Gasteiger charge is 2.34. The van der Waals surface area contributed by atoms with Crippen LogP contribution in [0.4, 0.5) is 0 Å². The molecule has 1 aromatic rings. The zero-order valence-electron chi connectivity index (χ0n) is 12.0. The number of aryl methyl sites for hydroxylation is 1. The molecule has 1 saturated carbocycles. The molecule has 0 saturated heterocycles. The number of benzene rings is 1. The standard InChI is InChI=1S/C16H25NO/c1-5-17-16(12(3)13-7-8-13)14-10-11(2)6-9-15(14)18-4/h6,9-10,12-13,16-17H,5,7-8H2,1-4H3. The summed E-state index contributed by atoms with van der Waals surface area (Å²) in [6, 6.07) is 6.89. The normalized spacial score (nSPS) is 18.4. The lowest BCUT2D eigenvalue weighted by molar-refractivity contribution is 0.336. The van der Waals surface area contributed by atoms with Crippen LogP contribution < -0.4 is 10.1 Å². The second kappa shape index (κ2) is 5.75. The van der Waals surface area contributed by atoms with Gasteiger partial charge >= 0.3 is 0 Å². The average molecular weight is 247 g/mol. The summed E-state index contributed by atoms with van der Waals surface area (Å²) in [5.74, 6) is 2.58. The molecule has 1 fully saturated rings. The zero-order chi connectivity index (χ0) is 13.1. The highest BCUT2D eigenvalue weighted by atomic mass is 16.5. The van der Waals surface area contributed by atoms with Crippen LogP contribution in [0.2, 0.25) is 0 Å². The lowest BCUT2D eigenvalue weighted by atomic mass is 9.89. The molecule has 0 radical (unpaired) electrons. The van der Waals surface area contributed by atoms with E-state index in [1.807, 2.05) is 0 Å². The monoisotopic (exact) mass is 247 g/mol. The SMILES string of the molecule is CCNC(c1cc(C)ccc1OC)C(C)C1CC1. The Morgan fingerprint density at radius 3 is 2.67 bits per heavy atom. The molecule has 0 aromatic heterocycles. The van der Waals surface area contributed by atoms with Gasteiger partial charge in [0.2, 0.25) is 0 Å². The summed E-state index contributed by atoms with van der Waals surface area (Å²) < 4.78 is 5.54. The molecule has 18 heavy (non-hydrogen) atoms. The van der Waals surface area contributed by atoms with Crippen molar-refractivity contribution < 1.29 is 4.74 Å². The van der Waals surface area contributed by atoms with E-state index < -0.39 is 0 Å². The van der Waals surface area contributed by atoms with Crippen molar-refractivity contribution in [1.82, 2.24) is 5.32 Å². The second-order valence-corrected chi connectivity index (χ2v) is 5.48. The third-order valence-electron chi connectivity index (χ3n) is 4.04. The molecule has 0 bridgehead atoms. The minimum absolute atomic E-state index is 0.414. The molecule has 1 aliphatic carbocycles. The third kappa shape index (κ3) is 2.86. The van der Waals surface area contributed by atoms with Gasteiger partial charge in [-0.05, 0) is 44.2 Å². The minimum Gasteiger partial charge on any atom is -0.496 e. The molecule has 1 aromatic carbocycles. The first-order chi connectivity index (χ1) is 8.67. The maximum Gasteiger partial charge on any atom is 0.123 e. The van der Waals surface area contributed by atoms with Gasteiger partial charge in [-0.1, -0.05) is 31.5 Å². The van der Waals surface area contributed by atoms with Gasteiger partial charge in [-0.2, -0.15) is 0 Å². The topological polar surface area (TPSA) is 21.3 Å². The summed E-state index contributed by atoms with van der Waals surface area (Å²) in [5.41, 5.74) is 2.62. The molecule has 0 heterocycles. The van der Waals surface area contributed by atoms with Crippen LogP contribution in [0.1, 0.15) is 43.9 Å². The molecular weight excluding hydrogens is 222 g/mol. The van der Waals surface area contributed by atoms with E-state index in [0.717, 1.165) is 18.2 Å². The molecule has 0 aliphatic heterocycles. The maximum atomic E-state index is 5.54. The van der Waals surface area contributed by atoms with Crippen molar-refractivity contribution in [2.75, 3.05) is 13.7 Å². The smallest absolute Gasteiger partial charge is 0.123 e. The van der Waals surface area contributed by atoms with Crippen LogP contribution in [0.3, 0.4) is 0 Å². The third-order valence-corrected chi connectivity index (χ3v) is 4.04. The summed E-state index contributed by atoms with van der Waals surface area (Å²) in [6.07, 6.45) is 2.77. The van der Waals surface area contributed by atoms with Crippen molar-refractivity contribution >= 4 is 0 Å². The largest absolute Gasteiger partial charge is 0.496 e. The molecule has 2 rings (SSSR count). The molecule has 2 nitrogen and oxygen atoms in total. The minimum atomic E-state index is 0.414. The van der Waals surface area contributed by atoms with Gasteiger partial charge in [0.1, 0.15) is 5.75 Å². The van der Waals surface area contributed by atoms with E-state index in [2.05, 4.69) is 44.3 Å². The Balaban J connectivity index is 2.30. The van der Waals surface area contributed by atoms with Gasteiger partial charge in [0.05, 0.1) is 7.11 Å².